The maximum absolute atomic E-state index is 12.1. The number of anilines is 1. The molecule has 0 bridgehead atoms. The summed E-state index contributed by atoms with van der Waals surface area (Å²) in [6, 6.07) is 4.11. The Morgan fingerprint density at radius 3 is 3.05 bits per heavy atom. The second-order valence-electron chi connectivity index (χ2n) is 4.97. The summed E-state index contributed by atoms with van der Waals surface area (Å²) in [5.41, 5.74) is 0. The van der Waals surface area contributed by atoms with E-state index in [0.29, 0.717) is 18.4 Å². The Balaban J connectivity index is 1.86. The van der Waals surface area contributed by atoms with Crippen LogP contribution in [0.1, 0.15) is 19.8 Å². The zero-order chi connectivity index (χ0) is 14.4. The molecule has 5 nitrogen and oxygen atoms in total. The first-order valence-electron chi connectivity index (χ1n) is 7.05. The summed E-state index contributed by atoms with van der Waals surface area (Å²) >= 11 is 3.32. The molecule has 1 amide bonds. The molecule has 1 fully saturated rings. The minimum atomic E-state index is -0.00718. The lowest BCUT2D eigenvalue weighted by Gasteiger charge is -2.33. The van der Waals surface area contributed by atoms with Gasteiger partial charge in [0.05, 0.1) is 6.54 Å². The number of rotatable bonds is 5. The Bertz CT molecular complexity index is 431. The molecular formula is C14H21BrN4O. The topological polar surface area (TPSA) is 57.3 Å². The SMILES string of the molecule is CCN(CC(=O)Nc1ccc(Br)cn1)C1CCCNC1. The van der Waals surface area contributed by atoms with Crippen LogP contribution in [0.25, 0.3) is 0 Å². The van der Waals surface area contributed by atoms with Crippen molar-refractivity contribution < 1.29 is 4.79 Å². The number of aromatic nitrogens is 1. The van der Waals surface area contributed by atoms with E-state index in [1.54, 1.807) is 12.3 Å². The average Bonchev–Trinajstić information content (AvgIpc) is 2.48. The zero-order valence-electron chi connectivity index (χ0n) is 11.7. The monoisotopic (exact) mass is 340 g/mol. The molecule has 1 aromatic rings. The Labute approximate surface area is 128 Å². The predicted molar refractivity (Wildman–Crippen MR) is 83.7 cm³/mol. The van der Waals surface area contributed by atoms with Gasteiger partial charge in [-0.15, -0.1) is 0 Å². The van der Waals surface area contributed by atoms with Crippen molar-refractivity contribution in [2.75, 3.05) is 31.5 Å². The van der Waals surface area contributed by atoms with Crippen LogP contribution < -0.4 is 10.6 Å². The van der Waals surface area contributed by atoms with Crippen LogP contribution >= 0.6 is 15.9 Å². The summed E-state index contributed by atoms with van der Waals surface area (Å²) in [7, 11) is 0. The van der Waals surface area contributed by atoms with E-state index in [4.69, 9.17) is 0 Å². The van der Waals surface area contributed by atoms with Gasteiger partial charge in [0.25, 0.3) is 0 Å². The Morgan fingerprint density at radius 1 is 1.60 bits per heavy atom. The highest BCUT2D eigenvalue weighted by molar-refractivity contribution is 9.10. The second-order valence-corrected chi connectivity index (χ2v) is 5.89. The molecule has 6 heteroatoms. The van der Waals surface area contributed by atoms with Gasteiger partial charge in [-0.3, -0.25) is 9.69 Å². The van der Waals surface area contributed by atoms with Crippen LogP contribution in [0, 0.1) is 0 Å². The van der Waals surface area contributed by atoms with Crippen molar-refractivity contribution in [2.45, 2.75) is 25.8 Å². The van der Waals surface area contributed by atoms with Gasteiger partial charge in [-0.1, -0.05) is 6.92 Å². The molecule has 1 unspecified atom stereocenters. The molecule has 1 atom stereocenters. The molecule has 0 saturated carbocycles. The highest BCUT2D eigenvalue weighted by Gasteiger charge is 2.21. The number of carbonyl (C=O) groups excluding carboxylic acids is 1. The largest absolute Gasteiger partial charge is 0.315 e. The second kappa shape index (κ2) is 7.71. The van der Waals surface area contributed by atoms with Crippen LogP contribution in [0.5, 0.6) is 0 Å². The van der Waals surface area contributed by atoms with E-state index in [1.807, 2.05) is 6.07 Å². The Hall–Kier alpha value is -0.980. The summed E-state index contributed by atoms with van der Waals surface area (Å²) in [5.74, 6) is 0.586. The van der Waals surface area contributed by atoms with Crippen molar-refractivity contribution in [3.63, 3.8) is 0 Å². The molecular weight excluding hydrogens is 320 g/mol. The van der Waals surface area contributed by atoms with Gasteiger partial charge in [-0.05, 0) is 54.0 Å². The van der Waals surface area contributed by atoms with E-state index in [9.17, 15) is 4.79 Å². The first-order chi connectivity index (χ1) is 9.69. The molecule has 1 aliphatic rings. The molecule has 0 aromatic carbocycles. The number of piperidine rings is 1. The average molecular weight is 341 g/mol. The molecule has 2 heterocycles. The maximum Gasteiger partial charge on any atom is 0.239 e. The number of nitrogens with zero attached hydrogens (tertiary/aromatic N) is 2. The van der Waals surface area contributed by atoms with Gasteiger partial charge >= 0.3 is 0 Å². The van der Waals surface area contributed by atoms with Crippen LogP contribution in [0.2, 0.25) is 0 Å². The van der Waals surface area contributed by atoms with E-state index in [1.165, 1.54) is 6.42 Å². The summed E-state index contributed by atoms with van der Waals surface area (Å²) in [4.78, 5) is 18.5. The number of nitrogens with one attached hydrogen (secondary N) is 2. The van der Waals surface area contributed by atoms with E-state index >= 15 is 0 Å². The van der Waals surface area contributed by atoms with Crippen LogP contribution in [-0.2, 0) is 4.79 Å². The number of hydrogen-bond acceptors (Lipinski definition) is 4. The van der Waals surface area contributed by atoms with Crippen LogP contribution in [0.3, 0.4) is 0 Å². The maximum atomic E-state index is 12.1. The standard InChI is InChI=1S/C14H21BrN4O/c1-2-19(12-4-3-7-16-9-12)10-14(20)18-13-6-5-11(15)8-17-13/h5-6,8,12,16H,2-4,7,9-10H2,1H3,(H,17,18,20). The van der Waals surface area contributed by atoms with Crippen LogP contribution in [0.4, 0.5) is 5.82 Å². The fourth-order valence-corrected chi connectivity index (χ4v) is 2.70. The van der Waals surface area contributed by atoms with Gasteiger partial charge in [0.2, 0.25) is 5.91 Å². The molecule has 20 heavy (non-hydrogen) atoms. The predicted octanol–water partition coefficient (Wildman–Crippen LogP) is 1.86. The summed E-state index contributed by atoms with van der Waals surface area (Å²) in [5, 5.41) is 6.23. The third-order valence-corrected chi connectivity index (χ3v) is 4.00. The van der Waals surface area contributed by atoms with Gasteiger partial charge in [0.15, 0.2) is 0 Å². The van der Waals surface area contributed by atoms with Crippen molar-refractivity contribution in [3.8, 4) is 0 Å². The van der Waals surface area contributed by atoms with E-state index in [-0.39, 0.29) is 5.91 Å². The minimum Gasteiger partial charge on any atom is -0.315 e. The van der Waals surface area contributed by atoms with Crippen molar-refractivity contribution >= 4 is 27.7 Å². The van der Waals surface area contributed by atoms with E-state index in [2.05, 4.69) is 43.4 Å². The van der Waals surface area contributed by atoms with Crippen LogP contribution in [-0.4, -0.2) is 48.0 Å². The normalized spacial score (nSPS) is 19.1. The number of likely N-dealkylation sites (N-methyl/N-ethyl adjacent to an activating group) is 1. The minimum absolute atomic E-state index is 0.00718. The van der Waals surface area contributed by atoms with Gasteiger partial charge in [-0.25, -0.2) is 4.98 Å². The molecule has 1 saturated heterocycles. The summed E-state index contributed by atoms with van der Waals surface area (Å²) < 4.78 is 0.902. The molecule has 0 aliphatic carbocycles. The van der Waals surface area contributed by atoms with Gasteiger partial charge < -0.3 is 10.6 Å². The molecule has 1 aliphatic heterocycles. The fourth-order valence-electron chi connectivity index (χ4n) is 2.46. The fraction of sp³-hybridized carbons (Fsp3) is 0.571. The number of carbonyl (C=O) groups is 1. The molecule has 0 spiro atoms. The third kappa shape index (κ3) is 4.54. The molecule has 2 N–H and O–H groups in total. The molecule has 0 radical (unpaired) electrons. The highest BCUT2D eigenvalue weighted by Crippen LogP contribution is 2.12. The van der Waals surface area contributed by atoms with Crippen molar-refractivity contribution in [3.05, 3.63) is 22.8 Å². The Kier molecular flexibility index (Phi) is 5.94. The van der Waals surface area contributed by atoms with Crippen molar-refractivity contribution in [1.29, 1.82) is 0 Å². The number of amides is 1. The quantitative estimate of drug-likeness (QED) is 0.858. The third-order valence-electron chi connectivity index (χ3n) is 3.54. The number of hydrogen-bond donors (Lipinski definition) is 2. The van der Waals surface area contributed by atoms with E-state index in [0.717, 1.165) is 30.5 Å². The van der Waals surface area contributed by atoms with Gasteiger partial charge in [-0.2, -0.15) is 0 Å². The lowest BCUT2D eigenvalue weighted by molar-refractivity contribution is -0.117. The van der Waals surface area contributed by atoms with E-state index < -0.39 is 0 Å². The first-order valence-corrected chi connectivity index (χ1v) is 7.84. The molecule has 2 rings (SSSR count). The van der Waals surface area contributed by atoms with Gasteiger partial charge in [0, 0.05) is 23.3 Å². The summed E-state index contributed by atoms with van der Waals surface area (Å²) in [6.07, 6.45) is 4.01. The smallest absolute Gasteiger partial charge is 0.239 e. The Morgan fingerprint density at radius 2 is 2.45 bits per heavy atom. The summed E-state index contributed by atoms with van der Waals surface area (Å²) in [6.45, 7) is 5.45. The number of pyridine rings is 1. The molecule has 110 valence electrons. The van der Waals surface area contributed by atoms with Crippen molar-refractivity contribution in [1.82, 2.24) is 15.2 Å². The molecule has 1 aromatic heterocycles. The highest BCUT2D eigenvalue weighted by atomic mass is 79.9. The lowest BCUT2D eigenvalue weighted by atomic mass is 10.1. The van der Waals surface area contributed by atoms with Gasteiger partial charge in [0.1, 0.15) is 5.82 Å². The first kappa shape index (κ1) is 15.4. The lowest BCUT2D eigenvalue weighted by Crippen LogP contribution is -2.48. The van der Waals surface area contributed by atoms with Crippen molar-refractivity contribution in [2.24, 2.45) is 0 Å². The zero-order valence-corrected chi connectivity index (χ0v) is 13.3. The number of halogens is 1. The van der Waals surface area contributed by atoms with Crippen LogP contribution in [0.15, 0.2) is 22.8 Å².